The summed E-state index contributed by atoms with van der Waals surface area (Å²) in [6.07, 6.45) is 0. The highest BCUT2D eigenvalue weighted by atomic mass is 32.2. The molecule has 0 saturated heterocycles. The summed E-state index contributed by atoms with van der Waals surface area (Å²) in [6, 6.07) is 13.4. The zero-order chi connectivity index (χ0) is 21.3. The Bertz CT molecular complexity index is 1140. The fourth-order valence-electron chi connectivity index (χ4n) is 3.45. The topological polar surface area (TPSA) is 95.1 Å². The first kappa shape index (κ1) is 20.0. The zero-order valence-corrected chi connectivity index (χ0v) is 17.2. The fraction of sp³-hybridized carbons (Fsp3) is 0.190. The number of benzene rings is 2. The molecule has 1 aliphatic rings. The van der Waals surface area contributed by atoms with E-state index >= 15 is 0 Å². The van der Waals surface area contributed by atoms with Crippen LogP contribution in [0.5, 0.6) is 5.75 Å². The highest BCUT2D eigenvalue weighted by Gasteiger charge is 2.34. The Kier molecular flexibility index (Phi) is 5.45. The molecule has 0 spiro atoms. The number of carbonyl (C=O) groups excluding carboxylic acids is 1. The summed E-state index contributed by atoms with van der Waals surface area (Å²) in [5.74, 6) is 0.636. The van der Waals surface area contributed by atoms with Crippen LogP contribution in [0.25, 0.3) is 0 Å². The Morgan fingerprint density at radius 2 is 2.00 bits per heavy atom. The number of thioether (sulfide) groups is 1. The van der Waals surface area contributed by atoms with Gasteiger partial charge in [-0.3, -0.25) is 4.79 Å². The van der Waals surface area contributed by atoms with Crippen molar-refractivity contribution in [3.05, 3.63) is 76.7 Å². The van der Waals surface area contributed by atoms with Gasteiger partial charge in [0.05, 0.1) is 12.7 Å². The van der Waals surface area contributed by atoms with E-state index in [1.807, 2.05) is 24.3 Å². The number of primary amides is 1. The number of carbonyl (C=O) groups is 1. The first-order valence-corrected chi connectivity index (χ1v) is 10.2. The first-order chi connectivity index (χ1) is 14.5. The predicted molar refractivity (Wildman–Crippen MR) is 113 cm³/mol. The van der Waals surface area contributed by atoms with E-state index in [1.54, 1.807) is 36.9 Å². The van der Waals surface area contributed by atoms with Gasteiger partial charge in [0.25, 0.3) is 0 Å². The normalized spacial score (nSPS) is 15.5. The van der Waals surface area contributed by atoms with E-state index < -0.39 is 11.9 Å². The summed E-state index contributed by atoms with van der Waals surface area (Å²) in [7, 11) is 1.57. The van der Waals surface area contributed by atoms with Gasteiger partial charge in [-0.05, 0) is 24.6 Å². The van der Waals surface area contributed by atoms with Crippen LogP contribution in [0.4, 0.5) is 10.3 Å². The lowest BCUT2D eigenvalue weighted by molar-refractivity contribution is -0.115. The van der Waals surface area contributed by atoms with Crippen LogP contribution in [0.1, 0.15) is 24.1 Å². The molecule has 9 heteroatoms. The predicted octanol–water partition coefficient (Wildman–Crippen LogP) is 3.49. The number of aromatic nitrogens is 3. The Morgan fingerprint density at radius 1 is 1.27 bits per heavy atom. The van der Waals surface area contributed by atoms with Gasteiger partial charge < -0.3 is 15.8 Å². The Balaban J connectivity index is 1.73. The number of nitrogens with two attached hydrogens (primary N) is 1. The van der Waals surface area contributed by atoms with Gasteiger partial charge >= 0.3 is 0 Å². The van der Waals surface area contributed by atoms with Crippen LogP contribution in [0.3, 0.4) is 0 Å². The smallest absolute Gasteiger partial charge is 0.248 e. The number of methoxy groups -OCH3 is 1. The molecule has 0 aliphatic carbocycles. The van der Waals surface area contributed by atoms with Crippen LogP contribution >= 0.6 is 11.8 Å². The van der Waals surface area contributed by atoms with Crippen LogP contribution in [0.2, 0.25) is 0 Å². The number of hydrogen-bond donors (Lipinski definition) is 2. The maximum absolute atomic E-state index is 13.9. The standard InChI is InChI=1S/C21H20FN5O2S/c1-12-17(19(23)28)18(14-8-4-6-10-16(14)29-2)27-20(24-12)25-21(26-27)30-11-13-7-3-5-9-15(13)22/h3-10,18H,11H2,1-2H3,(H2,23,28)(H,24,25,26)/t18-/m0/s1. The monoisotopic (exact) mass is 425 g/mol. The number of ether oxygens (including phenoxy) is 1. The molecule has 1 amide bonds. The highest BCUT2D eigenvalue weighted by molar-refractivity contribution is 7.98. The van der Waals surface area contributed by atoms with Crippen molar-refractivity contribution in [2.24, 2.45) is 5.73 Å². The van der Waals surface area contributed by atoms with E-state index in [-0.39, 0.29) is 5.82 Å². The molecule has 3 aromatic rings. The fourth-order valence-corrected chi connectivity index (χ4v) is 4.26. The summed E-state index contributed by atoms with van der Waals surface area (Å²) >= 11 is 1.31. The minimum atomic E-state index is -0.592. The summed E-state index contributed by atoms with van der Waals surface area (Å²) in [4.78, 5) is 16.8. The number of amides is 1. The molecule has 0 saturated carbocycles. The van der Waals surface area contributed by atoms with E-state index in [2.05, 4.69) is 15.4 Å². The van der Waals surface area contributed by atoms with Crippen molar-refractivity contribution in [3.63, 3.8) is 0 Å². The van der Waals surface area contributed by atoms with Crippen molar-refractivity contribution in [3.8, 4) is 5.75 Å². The number of anilines is 1. The van der Waals surface area contributed by atoms with E-state index in [0.717, 1.165) is 5.56 Å². The molecule has 7 nitrogen and oxygen atoms in total. The second-order valence-corrected chi connectivity index (χ2v) is 7.66. The lowest BCUT2D eigenvalue weighted by Gasteiger charge is -2.28. The third-order valence-electron chi connectivity index (χ3n) is 4.85. The molecule has 30 heavy (non-hydrogen) atoms. The molecule has 0 radical (unpaired) electrons. The van der Waals surface area contributed by atoms with E-state index in [9.17, 15) is 9.18 Å². The van der Waals surface area contributed by atoms with E-state index in [0.29, 0.717) is 39.4 Å². The average molecular weight is 425 g/mol. The van der Waals surface area contributed by atoms with Crippen LogP contribution in [-0.2, 0) is 10.5 Å². The number of fused-ring (bicyclic) bond motifs is 1. The van der Waals surface area contributed by atoms with Gasteiger partial charge in [-0.1, -0.05) is 48.2 Å². The molecule has 1 atom stereocenters. The lowest BCUT2D eigenvalue weighted by atomic mass is 9.94. The molecular weight excluding hydrogens is 405 g/mol. The molecule has 2 aromatic carbocycles. The second kappa shape index (κ2) is 8.19. The van der Waals surface area contributed by atoms with Crippen molar-refractivity contribution in [2.75, 3.05) is 12.4 Å². The van der Waals surface area contributed by atoms with Gasteiger partial charge in [0, 0.05) is 17.0 Å². The van der Waals surface area contributed by atoms with Crippen molar-refractivity contribution in [2.45, 2.75) is 23.9 Å². The zero-order valence-electron chi connectivity index (χ0n) is 16.4. The SMILES string of the molecule is COc1ccccc1[C@H]1C(C(N)=O)=C(C)Nc2nc(SCc3ccccc3F)nn21. The third-order valence-corrected chi connectivity index (χ3v) is 5.73. The summed E-state index contributed by atoms with van der Waals surface area (Å²) in [5.41, 5.74) is 7.99. The van der Waals surface area contributed by atoms with Gasteiger partial charge in [0.15, 0.2) is 0 Å². The van der Waals surface area contributed by atoms with Crippen molar-refractivity contribution in [1.29, 1.82) is 0 Å². The van der Waals surface area contributed by atoms with Crippen LogP contribution in [0, 0.1) is 5.82 Å². The number of nitrogens with zero attached hydrogens (tertiary/aromatic N) is 3. The molecule has 2 heterocycles. The molecule has 0 unspecified atom stereocenters. The minimum Gasteiger partial charge on any atom is -0.496 e. The van der Waals surface area contributed by atoms with Crippen molar-refractivity contribution in [1.82, 2.24) is 14.8 Å². The quantitative estimate of drug-likeness (QED) is 0.587. The summed E-state index contributed by atoms with van der Waals surface area (Å²) in [5, 5.41) is 8.14. The minimum absolute atomic E-state index is 0.271. The van der Waals surface area contributed by atoms with E-state index in [1.165, 1.54) is 17.8 Å². The Labute approximate surface area is 177 Å². The molecule has 3 N–H and O–H groups in total. The van der Waals surface area contributed by atoms with Gasteiger partial charge in [-0.15, -0.1) is 5.10 Å². The van der Waals surface area contributed by atoms with Crippen LogP contribution in [-0.4, -0.2) is 27.8 Å². The maximum Gasteiger partial charge on any atom is 0.248 e. The molecular formula is C21H20FN5O2S. The Morgan fingerprint density at radius 3 is 2.73 bits per heavy atom. The van der Waals surface area contributed by atoms with E-state index in [4.69, 9.17) is 10.5 Å². The number of nitrogens with one attached hydrogen (secondary N) is 1. The van der Waals surface area contributed by atoms with Gasteiger partial charge in [-0.25, -0.2) is 9.07 Å². The number of allylic oxidation sites excluding steroid dienone is 1. The molecule has 154 valence electrons. The Hall–Kier alpha value is -3.33. The largest absolute Gasteiger partial charge is 0.496 e. The first-order valence-electron chi connectivity index (χ1n) is 9.23. The van der Waals surface area contributed by atoms with Crippen molar-refractivity contribution >= 4 is 23.6 Å². The molecule has 0 bridgehead atoms. The number of para-hydroxylation sites is 1. The second-order valence-electron chi connectivity index (χ2n) is 6.72. The molecule has 1 aromatic heterocycles. The highest BCUT2D eigenvalue weighted by Crippen LogP contribution is 2.39. The average Bonchev–Trinajstić information content (AvgIpc) is 3.14. The van der Waals surface area contributed by atoms with Crippen LogP contribution in [0.15, 0.2) is 65.0 Å². The molecule has 4 rings (SSSR count). The molecule has 0 fully saturated rings. The summed E-state index contributed by atoms with van der Waals surface area (Å²) in [6.45, 7) is 1.77. The number of rotatable bonds is 6. The maximum atomic E-state index is 13.9. The van der Waals surface area contributed by atoms with Gasteiger partial charge in [0.1, 0.15) is 17.6 Å². The van der Waals surface area contributed by atoms with Crippen molar-refractivity contribution < 1.29 is 13.9 Å². The molecule has 1 aliphatic heterocycles. The van der Waals surface area contributed by atoms with Crippen LogP contribution < -0.4 is 15.8 Å². The number of hydrogen-bond acceptors (Lipinski definition) is 6. The number of halogens is 1. The third kappa shape index (κ3) is 3.63. The van der Waals surface area contributed by atoms with Gasteiger partial charge in [0.2, 0.25) is 17.0 Å². The summed E-state index contributed by atoms with van der Waals surface area (Å²) < 4.78 is 21.1. The lowest BCUT2D eigenvalue weighted by Crippen LogP contribution is -2.32. The van der Waals surface area contributed by atoms with Gasteiger partial charge in [-0.2, -0.15) is 4.98 Å².